The Morgan fingerprint density at radius 1 is 0.562 bits per heavy atom. The minimum atomic E-state index is -1.59. The molecule has 1 heterocycles. The molecule has 0 saturated carbocycles. The summed E-state index contributed by atoms with van der Waals surface area (Å²) in [5.41, 5.74) is 0. The fourth-order valence-electron chi connectivity index (χ4n) is 6.07. The molecular weight excluding hydrogens is 616 g/mol. The molecule has 0 bridgehead atoms. The summed E-state index contributed by atoms with van der Waals surface area (Å²) in [7, 11) is 0. The quantitative estimate of drug-likeness (QED) is 0.0427. The number of hydrogen-bond donors (Lipinski definition) is 4. The van der Waals surface area contributed by atoms with Crippen molar-refractivity contribution in [3.8, 4) is 0 Å². The number of unbranched alkanes of at least 4 members (excludes halogenated alkanes) is 21. The zero-order chi connectivity index (χ0) is 35.2. The first-order valence-electron chi connectivity index (χ1n) is 19.6. The van der Waals surface area contributed by atoms with E-state index in [1.807, 2.05) is 0 Å². The van der Waals surface area contributed by atoms with E-state index in [0.717, 1.165) is 38.5 Å². The summed E-state index contributed by atoms with van der Waals surface area (Å²) >= 11 is 0. The molecule has 4 N–H and O–H groups in total. The van der Waals surface area contributed by atoms with Gasteiger partial charge in [-0.3, -0.25) is 9.59 Å². The number of hydrogen-bond acceptors (Lipinski definition) is 10. The Bertz CT molecular complexity index is 764. The molecule has 10 nitrogen and oxygen atoms in total. The Morgan fingerprint density at radius 2 is 0.979 bits per heavy atom. The zero-order valence-electron chi connectivity index (χ0n) is 30.5. The van der Waals surface area contributed by atoms with Gasteiger partial charge in [0.25, 0.3) is 0 Å². The van der Waals surface area contributed by atoms with Gasteiger partial charge in [-0.2, -0.15) is 0 Å². The molecule has 10 heteroatoms. The van der Waals surface area contributed by atoms with Gasteiger partial charge in [-0.05, 0) is 12.8 Å². The largest absolute Gasteiger partial charge is 0.462 e. The average Bonchev–Trinajstić information content (AvgIpc) is 3.08. The minimum Gasteiger partial charge on any atom is -0.462 e. The SMILES string of the molecule is CCCCCCCCCCCCCCCC(=O)O[C@H](COC(=O)CCCCCCCCCCCC)CO[C@@H]1O[C@@H](CO)[C@H](O)[C@H](O)[C@@H]1O. The topological polar surface area (TPSA) is 152 Å². The predicted molar refractivity (Wildman–Crippen MR) is 187 cm³/mol. The van der Waals surface area contributed by atoms with Crippen LogP contribution in [0.15, 0.2) is 0 Å². The number of rotatable bonds is 32. The van der Waals surface area contributed by atoms with Crippen LogP contribution in [0.1, 0.15) is 174 Å². The molecule has 1 saturated heterocycles. The van der Waals surface area contributed by atoms with E-state index in [4.69, 9.17) is 18.9 Å². The van der Waals surface area contributed by atoms with Gasteiger partial charge in [0.1, 0.15) is 31.0 Å². The van der Waals surface area contributed by atoms with Crippen LogP contribution in [0.25, 0.3) is 0 Å². The lowest BCUT2D eigenvalue weighted by atomic mass is 9.99. The maximum Gasteiger partial charge on any atom is 0.306 e. The summed E-state index contributed by atoms with van der Waals surface area (Å²) in [4.78, 5) is 25.1. The van der Waals surface area contributed by atoms with Gasteiger partial charge in [-0.1, -0.05) is 149 Å². The standard InChI is InChI=1S/C38H72O10/c1-3-5-7-9-11-13-15-16-17-19-21-23-25-27-34(41)47-31(30-46-38-37(44)36(43)35(42)32(28-39)48-38)29-45-33(40)26-24-22-20-18-14-12-10-8-6-4-2/h31-32,35-39,42-44H,3-30H2,1-2H3/t31-,32+,35+,36+,37+,38-/m1/s1. The first kappa shape index (κ1) is 44.7. The van der Waals surface area contributed by atoms with Crippen molar-refractivity contribution in [3.05, 3.63) is 0 Å². The van der Waals surface area contributed by atoms with Crippen molar-refractivity contribution >= 4 is 11.9 Å². The third-order valence-corrected chi connectivity index (χ3v) is 9.24. The molecule has 0 radical (unpaired) electrons. The summed E-state index contributed by atoms with van der Waals surface area (Å²) in [6.07, 6.45) is 19.7. The molecule has 0 aromatic rings. The Kier molecular flexibility index (Phi) is 28.4. The van der Waals surface area contributed by atoms with E-state index in [1.165, 1.54) is 103 Å². The number of esters is 2. The van der Waals surface area contributed by atoms with Crippen molar-refractivity contribution in [3.63, 3.8) is 0 Å². The number of aliphatic hydroxyl groups is 4. The lowest BCUT2D eigenvalue weighted by Crippen LogP contribution is -2.59. The van der Waals surface area contributed by atoms with E-state index in [9.17, 15) is 30.0 Å². The number of carbonyl (C=O) groups is 2. The van der Waals surface area contributed by atoms with E-state index in [0.29, 0.717) is 6.42 Å². The van der Waals surface area contributed by atoms with Crippen molar-refractivity contribution in [2.24, 2.45) is 0 Å². The summed E-state index contributed by atoms with van der Waals surface area (Å²) in [6, 6.07) is 0. The lowest BCUT2D eigenvalue weighted by molar-refractivity contribution is -0.305. The van der Waals surface area contributed by atoms with Gasteiger partial charge in [0.2, 0.25) is 0 Å². The maximum atomic E-state index is 12.7. The molecule has 48 heavy (non-hydrogen) atoms. The smallest absolute Gasteiger partial charge is 0.306 e. The van der Waals surface area contributed by atoms with Gasteiger partial charge in [0.15, 0.2) is 12.4 Å². The first-order valence-corrected chi connectivity index (χ1v) is 19.6. The predicted octanol–water partition coefficient (Wildman–Crippen LogP) is 7.05. The Labute approximate surface area is 291 Å². The first-order chi connectivity index (χ1) is 23.3. The van der Waals surface area contributed by atoms with Crippen molar-refractivity contribution in [1.29, 1.82) is 0 Å². The maximum absolute atomic E-state index is 12.7. The highest BCUT2D eigenvalue weighted by Crippen LogP contribution is 2.22. The molecule has 0 unspecified atom stereocenters. The van der Waals surface area contributed by atoms with E-state index < -0.39 is 49.4 Å². The Morgan fingerprint density at radius 3 is 1.42 bits per heavy atom. The number of aliphatic hydroxyl groups excluding tert-OH is 4. The normalized spacial score (nSPS) is 21.7. The lowest BCUT2D eigenvalue weighted by Gasteiger charge is -2.39. The summed E-state index contributed by atoms with van der Waals surface area (Å²) in [5.74, 6) is -0.800. The zero-order valence-corrected chi connectivity index (χ0v) is 30.5. The van der Waals surface area contributed by atoms with Crippen molar-refractivity contribution < 1.29 is 49.0 Å². The molecule has 0 amide bonds. The Balaban J connectivity index is 2.39. The molecule has 284 valence electrons. The molecule has 1 aliphatic heterocycles. The van der Waals surface area contributed by atoms with Crippen LogP contribution in [0.3, 0.4) is 0 Å². The van der Waals surface area contributed by atoms with Gasteiger partial charge >= 0.3 is 11.9 Å². The molecule has 1 fully saturated rings. The second-order valence-electron chi connectivity index (χ2n) is 13.8. The third kappa shape index (κ3) is 22.4. The number of carbonyl (C=O) groups excluding carboxylic acids is 2. The highest BCUT2D eigenvalue weighted by atomic mass is 16.7. The van der Waals surface area contributed by atoms with E-state index >= 15 is 0 Å². The molecule has 0 aliphatic carbocycles. The molecule has 1 aliphatic rings. The molecule has 0 aromatic heterocycles. The van der Waals surface area contributed by atoms with Gasteiger partial charge in [-0.15, -0.1) is 0 Å². The third-order valence-electron chi connectivity index (χ3n) is 9.24. The van der Waals surface area contributed by atoms with E-state index in [2.05, 4.69) is 13.8 Å². The van der Waals surface area contributed by atoms with Crippen LogP contribution in [0.5, 0.6) is 0 Å². The van der Waals surface area contributed by atoms with Crippen LogP contribution in [0.2, 0.25) is 0 Å². The average molecular weight is 689 g/mol. The second kappa shape index (κ2) is 30.5. The van der Waals surface area contributed by atoms with Crippen LogP contribution in [-0.4, -0.2) is 89.0 Å². The van der Waals surface area contributed by atoms with Gasteiger partial charge in [0, 0.05) is 12.8 Å². The summed E-state index contributed by atoms with van der Waals surface area (Å²) in [5, 5.41) is 39.9. The molecular formula is C38H72O10. The monoisotopic (exact) mass is 689 g/mol. The fourth-order valence-corrected chi connectivity index (χ4v) is 6.07. The van der Waals surface area contributed by atoms with Gasteiger partial charge < -0.3 is 39.4 Å². The summed E-state index contributed by atoms with van der Waals surface area (Å²) < 4.78 is 22.0. The Hall–Kier alpha value is -1.30. The second-order valence-corrected chi connectivity index (χ2v) is 13.8. The van der Waals surface area contributed by atoms with Crippen LogP contribution >= 0.6 is 0 Å². The molecule has 0 spiro atoms. The van der Waals surface area contributed by atoms with Crippen molar-refractivity contribution in [1.82, 2.24) is 0 Å². The van der Waals surface area contributed by atoms with Crippen molar-refractivity contribution in [2.75, 3.05) is 19.8 Å². The molecule has 1 rings (SSSR count). The van der Waals surface area contributed by atoms with Crippen molar-refractivity contribution in [2.45, 2.75) is 211 Å². The molecule has 0 aromatic carbocycles. The van der Waals surface area contributed by atoms with Gasteiger partial charge in [0.05, 0.1) is 13.2 Å². The van der Waals surface area contributed by atoms with Crippen LogP contribution in [0, 0.1) is 0 Å². The fraction of sp³-hybridized carbons (Fsp3) is 0.947. The van der Waals surface area contributed by atoms with E-state index in [-0.39, 0.29) is 32.0 Å². The number of ether oxygens (including phenoxy) is 4. The van der Waals surface area contributed by atoms with Crippen LogP contribution < -0.4 is 0 Å². The molecule has 6 atom stereocenters. The van der Waals surface area contributed by atoms with Gasteiger partial charge in [-0.25, -0.2) is 0 Å². The summed E-state index contributed by atoms with van der Waals surface area (Å²) in [6.45, 7) is 3.40. The van der Waals surface area contributed by atoms with E-state index in [1.54, 1.807) is 0 Å². The highest BCUT2D eigenvalue weighted by Gasteiger charge is 2.44. The van der Waals surface area contributed by atoms with Crippen LogP contribution in [-0.2, 0) is 28.5 Å². The van der Waals surface area contributed by atoms with Crippen LogP contribution in [0.4, 0.5) is 0 Å². The highest BCUT2D eigenvalue weighted by molar-refractivity contribution is 5.70. The minimum absolute atomic E-state index is 0.210.